The molecule has 27 heavy (non-hydrogen) atoms. The van der Waals surface area contributed by atoms with Gasteiger partial charge in [-0.1, -0.05) is 17.7 Å². The van der Waals surface area contributed by atoms with Gasteiger partial charge in [0.15, 0.2) is 0 Å². The highest BCUT2D eigenvalue weighted by Gasteiger charge is 2.28. The van der Waals surface area contributed by atoms with Crippen LogP contribution in [0.4, 0.5) is 11.4 Å². The molecule has 1 unspecified atom stereocenters. The fourth-order valence-electron chi connectivity index (χ4n) is 2.61. The van der Waals surface area contributed by atoms with Gasteiger partial charge in [-0.05, 0) is 50.2 Å². The van der Waals surface area contributed by atoms with E-state index in [-0.39, 0.29) is 18.2 Å². The van der Waals surface area contributed by atoms with Crippen molar-refractivity contribution in [1.29, 1.82) is 0 Å². The van der Waals surface area contributed by atoms with Gasteiger partial charge in [-0.3, -0.25) is 14.9 Å². The van der Waals surface area contributed by atoms with E-state index in [1.165, 1.54) is 0 Å². The van der Waals surface area contributed by atoms with Gasteiger partial charge >= 0.3 is 0 Å². The third kappa shape index (κ3) is 5.07. The molecule has 0 spiro atoms. The van der Waals surface area contributed by atoms with Crippen LogP contribution in [0.2, 0.25) is 0 Å². The Bertz CT molecular complexity index is 845. The molecule has 2 aromatic carbocycles. The third-order valence-electron chi connectivity index (χ3n) is 3.97. The number of benzene rings is 2. The minimum atomic E-state index is -0.749. The first-order valence-electron chi connectivity index (χ1n) is 8.78. The summed E-state index contributed by atoms with van der Waals surface area (Å²) < 4.78 is 5.39. The van der Waals surface area contributed by atoms with Crippen molar-refractivity contribution < 1.29 is 14.3 Å². The lowest BCUT2D eigenvalue weighted by molar-refractivity contribution is -0.123. The van der Waals surface area contributed by atoms with Gasteiger partial charge in [-0.2, -0.15) is 0 Å². The number of guanidine groups is 1. The van der Waals surface area contributed by atoms with Gasteiger partial charge in [0.1, 0.15) is 11.8 Å². The van der Waals surface area contributed by atoms with Crippen LogP contribution < -0.4 is 20.7 Å². The summed E-state index contributed by atoms with van der Waals surface area (Å²) in [6.45, 7) is 4.49. The van der Waals surface area contributed by atoms with Crippen molar-refractivity contribution in [3.63, 3.8) is 0 Å². The molecule has 0 aliphatic carbocycles. The van der Waals surface area contributed by atoms with Crippen molar-refractivity contribution >= 4 is 29.1 Å². The molecule has 3 rings (SSSR count). The van der Waals surface area contributed by atoms with Gasteiger partial charge in [0.25, 0.3) is 5.91 Å². The summed E-state index contributed by atoms with van der Waals surface area (Å²) in [7, 11) is 0. The van der Waals surface area contributed by atoms with Crippen LogP contribution in [0, 0.1) is 6.92 Å². The number of hydrogen-bond acceptors (Lipinski definition) is 5. The molecular weight excluding hydrogens is 344 g/mol. The first kappa shape index (κ1) is 18.4. The Labute approximate surface area is 157 Å². The first-order valence-corrected chi connectivity index (χ1v) is 8.78. The minimum absolute atomic E-state index is 0.0197. The maximum Gasteiger partial charge on any atom is 0.252 e. The van der Waals surface area contributed by atoms with E-state index >= 15 is 0 Å². The van der Waals surface area contributed by atoms with Gasteiger partial charge in [0.05, 0.1) is 13.0 Å². The predicted octanol–water partition coefficient (Wildman–Crippen LogP) is 2.69. The molecule has 140 valence electrons. The first-order chi connectivity index (χ1) is 13.0. The van der Waals surface area contributed by atoms with Crippen molar-refractivity contribution in [2.45, 2.75) is 26.3 Å². The van der Waals surface area contributed by atoms with Crippen LogP contribution in [0.5, 0.6) is 5.75 Å². The Morgan fingerprint density at radius 2 is 1.78 bits per heavy atom. The number of carbonyl (C=O) groups excluding carboxylic acids is 2. The number of aryl methyl sites for hydroxylation is 1. The molecule has 0 fully saturated rings. The highest BCUT2D eigenvalue weighted by molar-refractivity contribution is 6.11. The smallest absolute Gasteiger partial charge is 0.252 e. The van der Waals surface area contributed by atoms with E-state index in [1.807, 2.05) is 62.4 Å². The maximum absolute atomic E-state index is 12.2. The fourth-order valence-corrected chi connectivity index (χ4v) is 2.61. The van der Waals surface area contributed by atoms with Crippen molar-refractivity contribution in [1.82, 2.24) is 5.32 Å². The van der Waals surface area contributed by atoms with E-state index in [1.54, 1.807) is 0 Å². The summed E-state index contributed by atoms with van der Waals surface area (Å²) in [5.74, 6) is 0.538. The summed E-state index contributed by atoms with van der Waals surface area (Å²) in [5, 5.41) is 8.46. The minimum Gasteiger partial charge on any atom is -0.494 e. The molecule has 0 saturated heterocycles. The van der Waals surface area contributed by atoms with E-state index in [4.69, 9.17) is 4.74 Å². The second kappa shape index (κ2) is 8.35. The van der Waals surface area contributed by atoms with Crippen molar-refractivity contribution in [2.75, 3.05) is 17.2 Å². The zero-order valence-electron chi connectivity index (χ0n) is 15.3. The lowest BCUT2D eigenvalue weighted by Gasteiger charge is -2.07. The van der Waals surface area contributed by atoms with Gasteiger partial charge in [0.2, 0.25) is 11.9 Å². The van der Waals surface area contributed by atoms with Crippen LogP contribution in [0.25, 0.3) is 0 Å². The van der Waals surface area contributed by atoms with E-state index < -0.39 is 6.04 Å². The van der Waals surface area contributed by atoms with Crippen molar-refractivity contribution in [2.24, 2.45) is 4.99 Å². The number of carbonyl (C=O) groups is 2. The highest BCUT2D eigenvalue weighted by Crippen LogP contribution is 2.17. The molecule has 2 amide bonds. The zero-order chi connectivity index (χ0) is 19.2. The van der Waals surface area contributed by atoms with E-state index in [2.05, 4.69) is 20.9 Å². The second-order valence-electron chi connectivity index (χ2n) is 6.18. The van der Waals surface area contributed by atoms with Gasteiger partial charge in [-0.15, -0.1) is 0 Å². The third-order valence-corrected chi connectivity index (χ3v) is 3.97. The highest BCUT2D eigenvalue weighted by atomic mass is 16.5. The average molecular weight is 366 g/mol. The Morgan fingerprint density at radius 1 is 1.11 bits per heavy atom. The molecule has 7 nitrogen and oxygen atoms in total. The molecule has 3 N–H and O–H groups in total. The van der Waals surface area contributed by atoms with Crippen LogP contribution in [0.1, 0.15) is 18.9 Å². The number of hydrogen-bond donors (Lipinski definition) is 3. The summed E-state index contributed by atoms with van der Waals surface area (Å²) in [4.78, 5) is 28.5. The predicted molar refractivity (Wildman–Crippen MR) is 105 cm³/mol. The average Bonchev–Trinajstić information content (AvgIpc) is 2.98. The van der Waals surface area contributed by atoms with E-state index in [9.17, 15) is 9.59 Å². The number of aliphatic imine (C=N–C) groups is 1. The Balaban J connectivity index is 1.56. The molecule has 1 aliphatic heterocycles. The Morgan fingerprint density at radius 3 is 2.44 bits per heavy atom. The number of nitrogens with zero attached hydrogens (tertiary/aromatic N) is 1. The zero-order valence-corrected chi connectivity index (χ0v) is 15.3. The normalized spacial score (nSPS) is 15.7. The van der Waals surface area contributed by atoms with Crippen LogP contribution in [-0.2, 0) is 9.59 Å². The fraction of sp³-hybridized carbons (Fsp3) is 0.250. The molecule has 1 aliphatic rings. The number of amides is 2. The standard InChI is InChI=1S/C20H22N4O3/c1-3-27-16-10-8-15(9-11-16)22-20-23-17(19(26)24-20)12-18(25)21-14-6-4-13(2)5-7-14/h4-11,17H,3,12H2,1-2H3,(H,21,25)(H2,22,23,24,26). The van der Waals surface area contributed by atoms with Gasteiger partial charge in [-0.25, -0.2) is 4.99 Å². The number of ether oxygens (including phenoxy) is 1. The van der Waals surface area contributed by atoms with Crippen LogP contribution in [-0.4, -0.2) is 30.4 Å². The van der Waals surface area contributed by atoms with Crippen LogP contribution >= 0.6 is 0 Å². The topological polar surface area (TPSA) is 91.8 Å². The summed E-state index contributed by atoms with van der Waals surface area (Å²) in [6, 6.07) is 14.0. The molecule has 0 radical (unpaired) electrons. The number of rotatable bonds is 6. The molecule has 2 aromatic rings. The van der Waals surface area contributed by atoms with Crippen LogP contribution in [0.15, 0.2) is 53.5 Å². The van der Waals surface area contributed by atoms with Gasteiger partial charge < -0.3 is 15.4 Å². The number of anilines is 2. The summed E-state index contributed by atoms with van der Waals surface area (Å²) >= 11 is 0. The van der Waals surface area contributed by atoms with Crippen LogP contribution in [0.3, 0.4) is 0 Å². The van der Waals surface area contributed by atoms with Crippen molar-refractivity contribution in [3.8, 4) is 5.75 Å². The molecule has 0 bridgehead atoms. The summed E-state index contributed by atoms with van der Waals surface area (Å²) in [6.07, 6.45) is -0.0197. The molecule has 1 atom stereocenters. The molecule has 0 aromatic heterocycles. The molecule has 1 heterocycles. The van der Waals surface area contributed by atoms with E-state index in [0.29, 0.717) is 18.3 Å². The maximum atomic E-state index is 12.2. The van der Waals surface area contributed by atoms with Crippen molar-refractivity contribution in [3.05, 3.63) is 54.1 Å². The molecule has 7 heteroatoms. The second-order valence-corrected chi connectivity index (χ2v) is 6.18. The van der Waals surface area contributed by atoms with E-state index in [0.717, 1.165) is 17.0 Å². The Kier molecular flexibility index (Phi) is 5.71. The lowest BCUT2D eigenvalue weighted by atomic mass is 10.2. The quantitative estimate of drug-likeness (QED) is 0.733. The molecule has 0 saturated carbocycles. The summed E-state index contributed by atoms with van der Waals surface area (Å²) in [5.41, 5.74) is 2.57. The Hall–Kier alpha value is -3.35. The van der Waals surface area contributed by atoms with Gasteiger partial charge in [0, 0.05) is 11.4 Å². The monoisotopic (exact) mass is 366 g/mol. The SMILES string of the molecule is CCOc1ccc(NC2=NC(CC(=O)Nc3ccc(C)cc3)C(=O)N2)cc1. The largest absolute Gasteiger partial charge is 0.494 e. The lowest BCUT2D eigenvalue weighted by Crippen LogP contribution is -2.33. The molecular formula is C20H22N4O3. The number of nitrogens with one attached hydrogen (secondary N) is 3.